The van der Waals surface area contributed by atoms with Crippen LogP contribution in [0.1, 0.15) is 6.92 Å². The van der Waals surface area contributed by atoms with Crippen LogP contribution in [-0.2, 0) is 11.8 Å². The number of amides is 1. The normalized spacial score (nSPS) is 10.2. The lowest BCUT2D eigenvalue weighted by atomic mass is 10.1. The molecule has 0 saturated carbocycles. The summed E-state index contributed by atoms with van der Waals surface area (Å²) in [5, 5.41) is 3.29. The Balaban J connectivity index is 2.59. The fraction of sp³-hybridized carbons (Fsp3) is 0.167. The molecule has 1 aromatic carbocycles. The number of anilines is 1. The van der Waals surface area contributed by atoms with Crippen molar-refractivity contribution in [1.29, 1.82) is 0 Å². The van der Waals surface area contributed by atoms with E-state index < -0.39 is 0 Å². The van der Waals surface area contributed by atoms with E-state index >= 15 is 0 Å². The molecular weight excluding hydrogens is 236 g/mol. The topological polar surface area (TPSA) is 51.1 Å². The Morgan fingerprint density at radius 2 is 1.94 bits per heavy atom. The Kier molecular flexibility index (Phi) is 3.10. The van der Waals surface area contributed by atoms with Gasteiger partial charge in [0.15, 0.2) is 0 Å². The summed E-state index contributed by atoms with van der Waals surface area (Å²) < 4.78 is 1.55. The van der Waals surface area contributed by atoms with Crippen LogP contribution >= 0.6 is 11.3 Å². The van der Waals surface area contributed by atoms with Crippen LogP contribution in [0.15, 0.2) is 35.1 Å². The molecule has 1 aromatic heterocycles. The van der Waals surface area contributed by atoms with Gasteiger partial charge in [0.25, 0.3) is 0 Å². The molecule has 0 atom stereocenters. The molecule has 88 valence electrons. The number of nitrogens with zero attached hydrogens (tertiary/aromatic N) is 1. The zero-order valence-electron chi connectivity index (χ0n) is 9.56. The maximum atomic E-state index is 11.6. The fourth-order valence-corrected chi connectivity index (χ4v) is 2.56. The van der Waals surface area contributed by atoms with Crippen LogP contribution in [0.5, 0.6) is 0 Å². The predicted molar refractivity (Wildman–Crippen MR) is 69.3 cm³/mol. The van der Waals surface area contributed by atoms with E-state index in [-0.39, 0.29) is 10.8 Å². The standard InChI is InChI=1S/C12H12N2O2S/c1-8(15)13-11-10(14(2)12(16)17-11)9-6-4-3-5-7-9/h3-7H,1-2H3,(H,13,15). The van der Waals surface area contributed by atoms with Crippen molar-refractivity contribution >= 4 is 22.2 Å². The maximum Gasteiger partial charge on any atom is 0.309 e. The first-order valence-corrected chi connectivity index (χ1v) is 5.94. The summed E-state index contributed by atoms with van der Waals surface area (Å²) in [5.41, 5.74) is 1.66. The summed E-state index contributed by atoms with van der Waals surface area (Å²) in [6.45, 7) is 1.43. The number of carbonyl (C=O) groups excluding carboxylic acids is 1. The minimum atomic E-state index is -0.177. The molecule has 17 heavy (non-hydrogen) atoms. The van der Waals surface area contributed by atoms with Crippen molar-refractivity contribution in [1.82, 2.24) is 4.57 Å². The first-order chi connectivity index (χ1) is 8.09. The third-order valence-corrected chi connectivity index (χ3v) is 3.30. The van der Waals surface area contributed by atoms with Crippen LogP contribution in [0.4, 0.5) is 5.00 Å². The Morgan fingerprint density at radius 3 is 2.53 bits per heavy atom. The molecule has 0 aliphatic heterocycles. The van der Waals surface area contributed by atoms with E-state index in [1.54, 1.807) is 11.6 Å². The molecular formula is C12H12N2O2S. The molecule has 1 N–H and O–H groups in total. The first kappa shape index (κ1) is 11.6. The van der Waals surface area contributed by atoms with E-state index in [1.165, 1.54) is 6.92 Å². The Bertz CT molecular complexity index is 599. The van der Waals surface area contributed by atoms with Gasteiger partial charge in [0.05, 0.1) is 5.69 Å². The van der Waals surface area contributed by atoms with E-state index in [0.717, 1.165) is 22.6 Å². The average molecular weight is 248 g/mol. The molecule has 0 radical (unpaired) electrons. The lowest BCUT2D eigenvalue weighted by Gasteiger charge is -2.06. The number of hydrogen-bond acceptors (Lipinski definition) is 3. The number of benzene rings is 1. The van der Waals surface area contributed by atoms with Gasteiger partial charge in [-0.15, -0.1) is 0 Å². The molecule has 0 aliphatic carbocycles. The van der Waals surface area contributed by atoms with Crippen molar-refractivity contribution < 1.29 is 4.79 Å². The predicted octanol–water partition coefficient (Wildman–Crippen LogP) is 2.07. The third-order valence-electron chi connectivity index (χ3n) is 2.35. The summed E-state index contributed by atoms with van der Waals surface area (Å²) >= 11 is 1.04. The van der Waals surface area contributed by atoms with Crippen LogP contribution in [-0.4, -0.2) is 10.5 Å². The lowest BCUT2D eigenvalue weighted by molar-refractivity contribution is -0.114. The van der Waals surface area contributed by atoms with Crippen molar-refractivity contribution in [3.63, 3.8) is 0 Å². The molecule has 1 heterocycles. The van der Waals surface area contributed by atoms with Gasteiger partial charge in [0, 0.05) is 19.5 Å². The summed E-state index contributed by atoms with van der Waals surface area (Å²) in [4.78, 5) is 22.7. The van der Waals surface area contributed by atoms with Crippen LogP contribution in [0, 0.1) is 0 Å². The van der Waals surface area contributed by atoms with Crippen LogP contribution in [0.25, 0.3) is 11.3 Å². The third kappa shape index (κ3) is 2.29. The van der Waals surface area contributed by atoms with E-state index in [9.17, 15) is 9.59 Å². The minimum absolute atomic E-state index is 0.0902. The highest BCUT2D eigenvalue weighted by Crippen LogP contribution is 2.29. The second-order valence-corrected chi connectivity index (χ2v) is 4.61. The number of rotatable bonds is 2. The highest BCUT2D eigenvalue weighted by molar-refractivity contribution is 7.14. The molecule has 0 spiro atoms. The van der Waals surface area contributed by atoms with Gasteiger partial charge in [0.1, 0.15) is 5.00 Å². The molecule has 0 saturated heterocycles. The Morgan fingerprint density at radius 1 is 1.29 bits per heavy atom. The quantitative estimate of drug-likeness (QED) is 0.884. The second kappa shape index (κ2) is 4.55. The summed E-state index contributed by atoms with van der Waals surface area (Å²) in [6, 6.07) is 9.52. The van der Waals surface area contributed by atoms with Gasteiger partial charge in [-0.3, -0.25) is 14.2 Å². The van der Waals surface area contributed by atoms with Crippen LogP contribution in [0.3, 0.4) is 0 Å². The number of thiazole rings is 1. The highest BCUT2D eigenvalue weighted by Gasteiger charge is 2.14. The molecule has 0 fully saturated rings. The number of carbonyl (C=O) groups is 1. The van der Waals surface area contributed by atoms with Gasteiger partial charge < -0.3 is 5.32 Å². The van der Waals surface area contributed by atoms with E-state index in [4.69, 9.17) is 0 Å². The van der Waals surface area contributed by atoms with E-state index in [1.807, 2.05) is 30.3 Å². The molecule has 4 nitrogen and oxygen atoms in total. The molecule has 2 aromatic rings. The van der Waals surface area contributed by atoms with Gasteiger partial charge in [-0.2, -0.15) is 0 Å². The zero-order valence-corrected chi connectivity index (χ0v) is 10.4. The molecule has 1 amide bonds. The first-order valence-electron chi connectivity index (χ1n) is 5.12. The monoisotopic (exact) mass is 248 g/mol. The molecule has 2 rings (SSSR count). The smallest absolute Gasteiger partial charge is 0.309 e. The van der Waals surface area contributed by atoms with E-state index in [2.05, 4.69) is 5.32 Å². The van der Waals surface area contributed by atoms with Gasteiger partial charge in [-0.25, -0.2) is 0 Å². The van der Waals surface area contributed by atoms with Crippen molar-refractivity contribution in [2.75, 3.05) is 5.32 Å². The summed E-state index contributed by atoms with van der Waals surface area (Å²) in [5.74, 6) is -0.177. The van der Waals surface area contributed by atoms with Gasteiger partial charge in [-0.1, -0.05) is 41.7 Å². The minimum Gasteiger partial charge on any atom is -0.316 e. The Labute approximate surface area is 103 Å². The zero-order chi connectivity index (χ0) is 12.4. The SMILES string of the molecule is CC(=O)Nc1sc(=O)n(C)c1-c1ccccc1. The average Bonchev–Trinajstić information content (AvgIpc) is 2.55. The van der Waals surface area contributed by atoms with Gasteiger partial charge in [0.2, 0.25) is 5.91 Å². The van der Waals surface area contributed by atoms with Crippen molar-refractivity contribution in [2.24, 2.45) is 7.05 Å². The summed E-state index contributed by atoms with van der Waals surface area (Å²) in [6.07, 6.45) is 0. The van der Waals surface area contributed by atoms with Crippen molar-refractivity contribution in [3.05, 3.63) is 40.0 Å². The fourth-order valence-electron chi connectivity index (χ4n) is 1.61. The Hall–Kier alpha value is -1.88. The van der Waals surface area contributed by atoms with Crippen molar-refractivity contribution in [2.45, 2.75) is 6.92 Å². The largest absolute Gasteiger partial charge is 0.316 e. The van der Waals surface area contributed by atoms with Crippen LogP contribution in [0.2, 0.25) is 0 Å². The second-order valence-electron chi connectivity index (χ2n) is 3.65. The van der Waals surface area contributed by atoms with E-state index in [0.29, 0.717) is 5.00 Å². The molecule has 0 aliphatic rings. The number of nitrogens with one attached hydrogen (secondary N) is 1. The molecule has 0 unspecified atom stereocenters. The van der Waals surface area contributed by atoms with Gasteiger partial charge >= 0.3 is 4.87 Å². The highest BCUT2D eigenvalue weighted by atomic mass is 32.1. The van der Waals surface area contributed by atoms with Gasteiger partial charge in [-0.05, 0) is 0 Å². The number of aromatic nitrogens is 1. The van der Waals surface area contributed by atoms with Crippen LogP contribution < -0.4 is 10.2 Å². The lowest BCUT2D eigenvalue weighted by Crippen LogP contribution is -2.09. The van der Waals surface area contributed by atoms with Crippen molar-refractivity contribution in [3.8, 4) is 11.3 Å². The maximum absolute atomic E-state index is 11.6. The molecule has 5 heteroatoms. The number of hydrogen-bond donors (Lipinski definition) is 1. The summed E-state index contributed by atoms with van der Waals surface area (Å²) in [7, 11) is 1.70. The molecule has 0 bridgehead atoms.